The minimum Gasteiger partial charge on any atom is -0.438 e. The van der Waals surface area contributed by atoms with Crippen molar-refractivity contribution in [2.45, 2.75) is 18.9 Å². The van der Waals surface area contributed by atoms with E-state index in [1.807, 2.05) is 66.7 Å². The van der Waals surface area contributed by atoms with Gasteiger partial charge in [0.05, 0.1) is 6.20 Å². The number of aliphatic imine (C=N–C) groups is 1. The third-order valence-corrected chi connectivity index (χ3v) is 5.81. The molecule has 1 aromatic heterocycles. The summed E-state index contributed by atoms with van der Waals surface area (Å²) < 4.78 is 18.6. The van der Waals surface area contributed by atoms with E-state index in [4.69, 9.17) is 21.8 Å². The maximum Gasteiger partial charge on any atom is 0.251 e. The van der Waals surface area contributed by atoms with Crippen molar-refractivity contribution in [3.63, 3.8) is 0 Å². The third kappa shape index (κ3) is 6.58. The molecule has 0 bridgehead atoms. The van der Waals surface area contributed by atoms with Crippen LogP contribution < -0.4 is 11.1 Å². The molecule has 3 aromatic carbocycles. The molecule has 0 aliphatic heterocycles. The van der Waals surface area contributed by atoms with Crippen LogP contribution in [0.15, 0.2) is 94.5 Å². The van der Waals surface area contributed by atoms with Gasteiger partial charge < -0.3 is 15.5 Å². The number of nitrogens with two attached hydrogens (primary N) is 1. The molecular weight excluding hydrogens is 479 g/mol. The molecule has 0 saturated heterocycles. The summed E-state index contributed by atoms with van der Waals surface area (Å²) in [4.78, 5) is 21.7. The van der Waals surface area contributed by atoms with Gasteiger partial charge in [0.1, 0.15) is 18.6 Å². The van der Waals surface area contributed by atoms with Gasteiger partial charge in [-0.1, -0.05) is 66.2 Å². The van der Waals surface area contributed by atoms with Crippen molar-refractivity contribution in [2.75, 3.05) is 13.2 Å². The fourth-order valence-corrected chi connectivity index (χ4v) is 3.94. The normalized spacial score (nSPS) is 12.3. The Kier molecular flexibility index (Phi) is 8.47. The lowest BCUT2D eigenvalue weighted by molar-refractivity contribution is 0.0927. The Hall–Kier alpha value is -3.97. The largest absolute Gasteiger partial charge is 0.438 e. The van der Waals surface area contributed by atoms with Crippen LogP contribution in [0.25, 0.3) is 22.5 Å². The van der Waals surface area contributed by atoms with Gasteiger partial charge in [0.25, 0.3) is 5.91 Å². The molecular formula is C28H26ClFN4O2. The molecule has 36 heavy (non-hydrogen) atoms. The molecule has 1 amide bonds. The SMILES string of the molecule is NC(CF)=NCCCC(NC(=O)c1cccc(-c2cccc(Cl)c2)c1)c1ncc(-c2ccccc2)o1. The molecule has 0 aliphatic rings. The lowest BCUT2D eigenvalue weighted by Crippen LogP contribution is -2.29. The molecule has 6 nitrogen and oxygen atoms in total. The summed E-state index contributed by atoms with van der Waals surface area (Å²) in [6.07, 6.45) is 2.68. The van der Waals surface area contributed by atoms with Crippen molar-refractivity contribution < 1.29 is 13.6 Å². The predicted molar refractivity (Wildman–Crippen MR) is 141 cm³/mol. The number of amides is 1. The topological polar surface area (TPSA) is 93.5 Å². The first-order chi connectivity index (χ1) is 17.5. The smallest absolute Gasteiger partial charge is 0.251 e. The van der Waals surface area contributed by atoms with Gasteiger partial charge in [-0.15, -0.1) is 0 Å². The van der Waals surface area contributed by atoms with Gasteiger partial charge in [-0.05, 0) is 48.2 Å². The molecule has 0 radical (unpaired) electrons. The number of alkyl halides is 1. The number of carbonyl (C=O) groups excluding carboxylic acids is 1. The number of aromatic nitrogens is 1. The predicted octanol–water partition coefficient (Wildman–Crippen LogP) is 6.24. The number of halogens is 2. The minimum absolute atomic E-state index is 0.0455. The first-order valence-electron chi connectivity index (χ1n) is 11.6. The zero-order chi connectivity index (χ0) is 25.3. The standard InChI is InChI=1S/C28H26ClFN4O2/c29-23-12-5-10-21(16-23)20-9-4-11-22(15-20)27(35)34-24(13-6-14-32-26(31)17-30)28-33-18-25(36-28)19-7-2-1-3-8-19/h1-5,7-12,15-16,18,24H,6,13-14,17H2,(H2,31,32)(H,34,35). The molecule has 0 saturated carbocycles. The molecule has 8 heteroatoms. The Labute approximate surface area is 214 Å². The van der Waals surface area contributed by atoms with Gasteiger partial charge in [-0.3, -0.25) is 9.79 Å². The summed E-state index contributed by atoms with van der Waals surface area (Å²) in [5, 5.41) is 3.65. The zero-order valence-corrected chi connectivity index (χ0v) is 20.3. The zero-order valence-electron chi connectivity index (χ0n) is 19.5. The molecule has 0 fully saturated rings. The van der Waals surface area contributed by atoms with Crippen LogP contribution in [0.4, 0.5) is 4.39 Å². The Bertz CT molecular complexity index is 1340. The van der Waals surface area contributed by atoms with Crippen molar-refractivity contribution in [1.82, 2.24) is 10.3 Å². The first kappa shape index (κ1) is 25.1. The Morgan fingerprint density at radius 2 is 1.75 bits per heavy atom. The van der Waals surface area contributed by atoms with E-state index in [-0.39, 0.29) is 11.7 Å². The number of carbonyl (C=O) groups is 1. The number of nitrogens with zero attached hydrogens (tertiary/aromatic N) is 2. The maximum atomic E-state index is 13.2. The number of hydrogen-bond acceptors (Lipinski definition) is 4. The number of benzene rings is 3. The molecule has 184 valence electrons. The van der Waals surface area contributed by atoms with Gasteiger partial charge in [0, 0.05) is 22.7 Å². The molecule has 1 atom stereocenters. The number of rotatable bonds is 10. The van der Waals surface area contributed by atoms with E-state index in [9.17, 15) is 9.18 Å². The second kappa shape index (κ2) is 12.1. The summed E-state index contributed by atoms with van der Waals surface area (Å²) in [7, 11) is 0. The second-order valence-corrected chi connectivity index (χ2v) is 8.63. The van der Waals surface area contributed by atoms with Crippen LogP contribution in [0.3, 0.4) is 0 Å². The number of oxazole rings is 1. The highest BCUT2D eigenvalue weighted by atomic mass is 35.5. The molecule has 4 aromatic rings. The molecule has 4 rings (SSSR count). The van der Waals surface area contributed by atoms with E-state index in [2.05, 4.69) is 15.3 Å². The lowest BCUT2D eigenvalue weighted by Gasteiger charge is -2.16. The van der Waals surface area contributed by atoms with Gasteiger partial charge in [-0.2, -0.15) is 0 Å². The average Bonchev–Trinajstić information content (AvgIpc) is 3.41. The van der Waals surface area contributed by atoms with Gasteiger partial charge in [-0.25, -0.2) is 9.37 Å². The highest BCUT2D eigenvalue weighted by molar-refractivity contribution is 6.30. The Morgan fingerprint density at radius 1 is 1.03 bits per heavy atom. The molecule has 1 unspecified atom stereocenters. The highest BCUT2D eigenvalue weighted by Crippen LogP contribution is 2.27. The van der Waals surface area contributed by atoms with E-state index in [1.165, 1.54) is 0 Å². The lowest BCUT2D eigenvalue weighted by atomic mass is 10.0. The monoisotopic (exact) mass is 504 g/mol. The molecule has 3 N–H and O–H groups in total. The second-order valence-electron chi connectivity index (χ2n) is 8.19. The summed E-state index contributed by atoms with van der Waals surface area (Å²) in [5.41, 5.74) is 8.63. The molecule has 0 spiro atoms. The third-order valence-electron chi connectivity index (χ3n) is 5.57. The van der Waals surface area contributed by atoms with Crippen molar-refractivity contribution in [1.29, 1.82) is 0 Å². The van der Waals surface area contributed by atoms with Crippen LogP contribution in [-0.2, 0) is 0 Å². The van der Waals surface area contributed by atoms with Gasteiger partial charge >= 0.3 is 0 Å². The van der Waals surface area contributed by atoms with E-state index in [1.54, 1.807) is 18.3 Å². The van der Waals surface area contributed by atoms with Crippen molar-refractivity contribution in [2.24, 2.45) is 10.7 Å². The van der Waals surface area contributed by atoms with Crippen LogP contribution in [0, 0.1) is 0 Å². The summed E-state index contributed by atoms with van der Waals surface area (Å²) in [6.45, 7) is -0.456. The van der Waals surface area contributed by atoms with Gasteiger partial charge in [0.15, 0.2) is 5.76 Å². The van der Waals surface area contributed by atoms with E-state index >= 15 is 0 Å². The number of nitrogens with one attached hydrogen (secondary N) is 1. The van der Waals surface area contributed by atoms with E-state index in [0.717, 1.165) is 16.7 Å². The van der Waals surface area contributed by atoms with Crippen LogP contribution in [0.5, 0.6) is 0 Å². The summed E-state index contributed by atoms with van der Waals surface area (Å²) >= 11 is 6.13. The van der Waals surface area contributed by atoms with Crippen molar-refractivity contribution in [3.8, 4) is 22.5 Å². The van der Waals surface area contributed by atoms with Crippen LogP contribution in [-0.4, -0.2) is 29.9 Å². The molecule has 1 heterocycles. The summed E-state index contributed by atoms with van der Waals surface area (Å²) in [6, 6.07) is 23.9. The van der Waals surface area contributed by atoms with Crippen LogP contribution in [0.1, 0.15) is 35.1 Å². The quantitative estimate of drug-likeness (QED) is 0.152. The van der Waals surface area contributed by atoms with Crippen molar-refractivity contribution in [3.05, 3.63) is 102 Å². The maximum absolute atomic E-state index is 13.2. The number of hydrogen-bond donors (Lipinski definition) is 2. The Morgan fingerprint density at radius 3 is 2.50 bits per heavy atom. The van der Waals surface area contributed by atoms with Gasteiger partial charge in [0.2, 0.25) is 5.89 Å². The average molecular weight is 505 g/mol. The Balaban J connectivity index is 1.54. The fraction of sp³-hybridized carbons (Fsp3) is 0.179. The number of amidine groups is 1. The van der Waals surface area contributed by atoms with E-state index < -0.39 is 12.7 Å². The van der Waals surface area contributed by atoms with E-state index in [0.29, 0.717) is 41.6 Å². The highest BCUT2D eigenvalue weighted by Gasteiger charge is 2.21. The fourth-order valence-electron chi connectivity index (χ4n) is 3.75. The van der Waals surface area contributed by atoms with Crippen LogP contribution in [0.2, 0.25) is 5.02 Å². The van der Waals surface area contributed by atoms with Crippen molar-refractivity contribution >= 4 is 23.3 Å². The first-order valence-corrected chi connectivity index (χ1v) is 11.9. The summed E-state index contributed by atoms with van der Waals surface area (Å²) in [5.74, 6) is 0.675. The van der Waals surface area contributed by atoms with Crippen LogP contribution >= 0.6 is 11.6 Å². The minimum atomic E-state index is -0.788. The molecule has 0 aliphatic carbocycles.